The summed E-state index contributed by atoms with van der Waals surface area (Å²) in [5, 5.41) is 20.4. The van der Waals surface area contributed by atoms with E-state index >= 15 is 0 Å². The van der Waals surface area contributed by atoms with Crippen LogP contribution in [0.25, 0.3) is 0 Å². The van der Waals surface area contributed by atoms with Crippen LogP contribution in [0.5, 0.6) is 0 Å². The Labute approximate surface area is 201 Å². The monoisotopic (exact) mass is 470 g/mol. The summed E-state index contributed by atoms with van der Waals surface area (Å²) in [5.41, 5.74) is 0.129. The van der Waals surface area contributed by atoms with E-state index < -0.39 is 17.1 Å². The second-order valence-electron chi connectivity index (χ2n) is 12.5. The predicted molar refractivity (Wildman–Crippen MR) is 124 cm³/mol. The smallest absolute Gasteiger partial charge is 0.336 e. The van der Waals surface area contributed by atoms with Gasteiger partial charge in [-0.15, -0.1) is 0 Å². The average molecular weight is 471 g/mol. The Morgan fingerprint density at radius 1 is 1.18 bits per heavy atom. The van der Waals surface area contributed by atoms with E-state index in [0.717, 1.165) is 37.7 Å². The number of hydrogen-bond acceptors (Lipinski definition) is 6. The molecular weight excluding hydrogens is 432 g/mol. The van der Waals surface area contributed by atoms with Crippen molar-refractivity contribution in [3.63, 3.8) is 0 Å². The summed E-state index contributed by atoms with van der Waals surface area (Å²) < 4.78 is 12.1. The van der Waals surface area contributed by atoms with Gasteiger partial charge in [-0.1, -0.05) is 19.4 Å². The molecule has 6 aliphatic rings. The third-order valence-electron chi connectivity index (χ3n) is 11.6. The van der Waals surface area contributed by atoms with Crippen molar-refractivity contribution < 1.29 is 29.3 Å². The van der Waals surface area contributed by atoms with E-state index in [0.29, 0.717) is 29.7 Å². The number of ketones is 1. The van der Waals surface area contributed by atoms with E-state index in [-0.39, 0.29) is 47.8 Å². The van der Waals surface area contributed by atoms with Crippen LogP contribution in [0.2, 0.25) is 0 Å². The quantitative estimate of drug-likeness (QED) is 0.485. The van der Waals surface area contributed by atoms with E-state index in [4.69, 9.17) is 9.47 Å². The Morgan fingerprint density at radius 2 is 1.94 bits per heavy atom. The van der Waals surface area contributed by atoms with Gasteiger partial charge in [0.15, 0.2) is 5.78 Å². The molecule has 3 saturated carbocycles. The van der Waals surface area contributed by atoms with E-state index in [1.807, 2.05) is 6.92 Å². The van der Waals surface area contributed by atoms with Gasteiger partial charge in [0.05, 0.1) is 23.7 Å². The zero-order valence-corrected chi connectivity index (χ0v) is 20.8. The average Bonchev–Trinajstić information content (AvgIpc) is 3.43. The predicted octanol–water partition coefficient (Wildman–Crippen LogP) is 3.35. The SMILES string of the molecule is CC1=C(CO)C(=O)O[C@@H]([C@H](C)[C@H]2CC[C@H]3[C@H]4C[C@H]5O[C@]56[C@@H](O)C=CC(=O)[C@]6(C)[C@@H]4CC[C@]23C)C1. The normalized spacial score (nSPS) is 52.4. The first-order chi connectivity index (χ1) is 16.1. The Hall–Kier alpha value is -1.50. The molecule has 1 saturated heterocycles. The van der Waals surface area contributed by atoms with Crippen LogP contribution in [-0.2, 0) is 19.1 Å². The highest BCUT2D eigenvalue weighted by Gasteiger charge is 2.80. The van der Waals surface area contributed by atoms with E-state index in [1.165, 1.54) is 0 Å². The number of carbonyl (C=O) groups excluding carboxylic acids is 2. The Morgan fingerprint density at radius 3 is 2.65 bits per heavy atom. The molecule has 2 heterocycles. The van der Waals surface area contributed by atoms with Crippen molar-refractivity contribution in [2.24, 2.45) is 40.4 Å². The Balaban J connectivity index is 1.27. The summed E-state index contributed by atoms with van der Waals surface area (Å²) in [4.78, 5) is 25.8. The standard InChI is InChI=1S/C28H38O6/c1-14-11-21(33-25(32)17(14)13-29)15(2)18-5-6-19-16-12-24-28(34-24)23(31)8-7-22(30)27(28,4)20(16)9-10-26(18,19)3/h7-8,15-16,18-21,23-24,29,31H,5-6,9-13H2,1-4H3/t15-,16-,18-,19+,20-,21-,23+,24-,26-,27+,28-/m1/s1. The van der Waals surface area contributed by atoms with Crippen molar-refractivity contribution >= 4 is 11.8 Å². The molecule has 0 aromatic heterocycles. The Kier molecular flexibility index (Phi) is 4.90. The molecule has 11 atom stereocenters. The van der Waals surface area contributed by atoms with Gasteiger partial charge in [-0.25, -0.2) is 4.79 Å². The highest BCUT2D eigenvalue weighted by molar-refractivity contribution is 5.98. The molecule has 2 aliphatic heterocycles. The minimum atomic E-state index is -0.719. The number of aliphatic hydroxyl groups is 2. The highest BCUT2D eigenvalue weighted by Crippen LogP contribution is 2.73. The topological polar surface area (TPSA) is 96.4 Å². The molecule has 6 nitrogen and oxygen atoms in total. The van der Waals surface area contributed by atoms with E-state index in [2.05, 4.69) is 20.8 Å². The van der Waals surface area contributed by atoms with Gasteiger partial charge in [0.1, 0.15) is 17.8 Å². The van der Waals surface area contributed by atoms with Gasteiger partial charge in [0.25, 0.3) is 0 Å². The number of rotatable bonds is 3. The third-order valence-corrected chi connectivity index (χ3v) is 11.6. The molecule has 6 heteroatoms. The summed E-state index contributed by atoms with van der Waals surface area (Å²) in [6.07, 6.45) is 8.23. The minimum Gasteiger partial charge on any atom is -0.458 e. The van der Waals surface area contributed by atoms with Gasteiger partial charge >= 0.3 is 5.97 Å². The van der Waals surface area contributed by atoms with Crippen LogP contribution in [0.4, 0.5) is 0 Å². The van der Waals surface area contributed by atoms with Gasteiger partial charge in [-0.05, 0) is 93.1 Å². The largest absolute Gasteiger partial charge is 0.458 e. The molecule has 0 bridgehead atoms. The van der Waals surface area contributed by atoms with Gasteiger partial charge in [0.2, 0.25) is 0 Å². The fraction of sp³-hybridized carbons (Fsp3) is 0.786. The van der Waals surface area contributed by atoms with Gasteiger partial charge in [-0.2, -0.15) is 0 Å². The first-order valence-electron chi connectivity index (χ1n) is 13.2. The van der Waals surface area contributed by atoms with Crippen LogP contribution in [0, 0.1) is 40.4 Å². The molecule has 34 heavy (non-hydrogen) atoms. The molecule has 4 fully saturated rings. The lowest BCUT2D eigenvalue weighted by Crippen LogP contribution is -2.63. The molecule has 1 spiro atoms. The number of fused-ring (bicyclic) bond motifs is 4. The number of allylic oxidation sites excluding steroid dienone is 1. The maximum atomic E-state index is 13.3. The lowest BCUT2D eigenvalue weighted by molar-refractivity contribution is -0.155. The van der Waals surface area contributed by atoms with E-state index in [9.17, 15) is 19.8 Å². The molecule has 4 aliphatic carbocycles. The second kappa shape index (κ2) is 7.27. The van der Waals surface area contributed by atoms with Crippen LogP contribution in [0.3, 0.4) is 0 Å². The maximum absolute atomic E-state index is 13.3. The first kappa shape index (κ1) is 22.9. The summed E-state index contributed by atoms with van der Waals surface area (Å²) in [5.74, 6) is 1.61. The summed E-state index contributed by atoms with van der Waals surface area (Å²) >= 11 is 0. The zero-order valence-electron chi connectivity index (χ0n) is 20.8. The highest BCUT2D eigenvalue weighted by atomic mass is 16.6. The van der Waals surface area contributed by atoms with Crippen molar-refractivity contribution in [2.45, 2.75) is 90.1 Å². The van der Waals surface area contributed by atoms with Crippen LogP contribution in [0.1, 0.15) is 66.2 Å². The number of aliphatic hydroxyl groups excluding tert-OH is 2. The summed E-state index contributed by atoms with van der Waals surface area (Å²) in [6, 6.07) is 0. The lowest BCUT2D eigenvalue weighted by atomic mass is 9.44. The molecule has 2 N–H and O–H groups in total. The number of epoxide rings is 1. The fourth-order valence-corrected chi connectivity index (χ4v) is 9.69. The molecule has 0 aromatic carbocycles. The fourth-order valence-electron chi connectivity index (χ4n) is 9.69. The number of esters is 1. The summed E-state index contributed by atoms with van der Waals surface area (Å²) in [6.45, 7) is 8.41. The van der Waals surface area contributed by atoms with Crippen LogP contribution in [-0.4, -0.2) is 52.5 Å². The van der Waals surface area contributed by atoms with Crippen molar-refractivity contribution in [2.75, 3.05) is 6.61 Å². The molecule has 186 valence electrons. The van der Waals surface area contributed by atoms with Crippen LogP contribution >= 0.6 is 0 Å². The molecule has 0 amide bonds. The maximum Gasteiger partial charge on any atom is 0.336 e. The molecule has 6 rings (SSSR count). The number of hydrogen-bond donors (Lipinski definition) is 2. The lowest BCUT2D eigenvalue weighted by Gasteiger charge is -2.58. The third kappa shape index (κ3) is 2.63. The van der Waals surface area contributed by atoms with Crippen LogP contribution in [0.15, 0.2) is 23.3 Å². The number of carbonyl (C=O) groups is 2. The van der Waals surface area contributed by atoms with Gasteiger partial charge in [0, 0.05) is 6.42 Å². The van der Waals surface area contributed by atoms with Gasteiger partial charge in [-0.3, -0.25) is 4.79 Å². The molecular formula is C28H38O6. The summed E-state index contributed by atoms with van der Waals surface area (Å²) in [7, 11) is 0. The Bertz CT molecular complexity index is 999. The van der Waals surface area contributed by atoms with Crippen molar-refractivity contribution in [3.8, 4) is 0 Å². The number of ether oxygens (including phenoxy) is 2. The van der Waals surface area contributed by atoms with Crippen molar-refractivity contribution in [1.29, 1.82) is 0 Å². The van der Waals surface area contributed by atoms with E-state index in [1.54, 1.807) is 12.2 Å². The van der Waals surface area contributed by atoms with Gasteiger partial charge < -0.3 is 19.7 Å². The zero-order chi connectivity index (χ0) is 24.2. The molecule has 0 radical (unpaired) electrons. The first-order valence-corrected chi connectivity index (χ1v) is 13.2. The minimum absolute atomic E-state index is 0.0366. The molecule has 0 aromatic rings. The second-order valence-corrected chi connectivity index (χ2v) is 12.5. The van der Waals surface area contributed by atoms with Crippen molar-refractivity contribution in [1.82, 2.24) is 0 Å². The van der Waals surface area contributed by atoms with Crippen molar-refractivity contribution in [3.05, 3.63) is 23.3 Å². The molecule has 0 unspecified atom stereocenters. The van der Waals surface area contributed by atoms with Crippen LogP contribution < -0.4 is 0 Å². The number of cyclic esters (lactones) is 1.